The second-order valence-corrected chi connectivity index (χ2v) is 13.3. The average Bonchev–Trinajstić information content (AvgIpc) is 3.70. The molecule has 0 amide bonds. The Hall–Kier alpha value is -2.14. The molecular formula is C34H41NO3. The molecule has 0 aromatic heterocycles. The quantitative estimate of drug-likeness (QED) is 0.425. The lowest BCUT2D eigenvalue weighted by Gasteiger charge is -2.77. The Kier molecular flexibility index (Phi) is 4.97. The second kappa shape index (κ2) is 7.96. The van der Waals surface area contributed by atoms with Gasteiger partial charge in [-0.1, -0.05) is 55.1 Å². The number of hydrogen-bond acceptors (Lipinski definition) is 4. The summed E-state index contributed by atoms with van der Waals surface area (Å²) < 4.78 is 20.6. The summed E-state index contributed by atoms with van der Waals surface area (Å²) in [7, 11) is 1.94. The van der Waals surface area contributed by atoms with Crippen molar-refractivity contribution < 1.29 is 14.2 Å². The van der Waals surface area contributed by atoms with E-state index in [0.717, 1.165) is 42.9 Å². The second-order valence-electron chi connectivity index (χ2n) is 13.3. The Balaban J connectivity index is 1.26. The molecule has 4 heteroatoms. The lowest BCUT2D eigenvalue weighted by Crippen LogP contribution is -2.85. The van der Waals surface area contributed by atoms with Crippen LogP contribution in [0.4, 0.5) is 0 Å². The molecule has 6 atom stereocenters. The molecular weight excluding hydrogens is 470 g/mol. The Labute approximate surface area is 227 Å². The standard InChI is InChI=1S/C34H41NO3/c1-4-25-12-13-26-18-28-32-14-15-34(36-3,27(19-32)22-37-21-24-8-6-5-7-9-24)31(2)33(32,29(26)30(25)38-31)16-17-35(28)20-23-10-11-23/h4-9,12-13,23,27-28H,1,10-11,14-22H2,2-3H3. The summed E-state index contributed by atoms with van der Waals surface area (Å²) in [6, 6.07) is 15.8. The molecule has 0 N–H and O–H groups in total. The van der Waals surface area contributed by atoms with Gasteiger partial charge in [0.25, 0.3) is 0 Å². The Morgan fingerprint density at radius 3 is 2.71 bits per heavy atom. The molecule has 2 heterocycles. The van der Waals surface area contributed by atoms with Gasteiger partial charge >= 0.3 is 0 Å². The minimum absolute atomic E-state index is 0.0170. The first-order chi connectivity index (χ1) is 18.5. The zero-order valence-electron chi connectivity index (χ0n) is 23.0. The van der Waals surface area contributed by atoms with Crippen molar-refractivity contribution in [3.8, 4) is 5.75 Å². The molecule has 9 rings (SSSR count). The van der Waals surface area contributed by atoms with Crippen LogP contribution in [0.1, 0.15) is 67.7 Å². The van der Waals surface area contributed by atoms with E-state index in [4.69, 9.17) is 14.2 Å². The minimum Gasteiger partial charge on any atom is -0.483 e. The van der Waals surface area contributed by atoms with Crippen molar-refractivity contribution in [2.24, 2.45) is 17.3 Å². The first kappa shape index (κ1) is 23.7. The van der Waals surface area contributed by atoms with E-state index in [1.807, 2.05) is 13.2 Å². The van der Waals surface area contributed by atoms with Gasteiger partial charge in [-0.25, -0.2) is 0 Å². The lowest BCUT2D eigenvalue weighted by molar-refractivity contribution is -0.322. The van der Waals surface area contributed by atoms with Gasteiger partial charge in [0, 0.05) is 47.6 Å². The summed E-state index contributed by atoms with van der Waals surface area (Å²) in [6.07, 6.45) is 10.6. The van der Waals surface area contributed by atoms with Crippen LogP contribution in [0.5, 0.6) is 5.75 Å². The van der Waals surface area contributed by atoms with Crippen molar-refractivity contribution in [1.82, 2.24) is 4.90 Å². The van der Waals surface area contributed by atoms with Gasteiger partial charge in [-0.05, 0) is 75.5 Å². The van der Waals surface area contributed by atoms with Crippen molar-refractivity contribution in [1.29, 1.82) is 0 Å². The van der Waals surface area contributed by atoms with Crippen LogP contribution in [0.25, 0.3) is 6.08 Å². The number of rotatable bonds is 8. The number of hydrogen-bond donors (Lipinski definition) is 0. The Bertz CT molecular complexity index is 1290. The molecule has 200 valence electrons. The van der Waals surface area contributed by atoms with Crippen LogP contribution in [0, 0.1) is 17.3 Å². The lowest BCUT2D eigenvalue weighted by atomic mass is 9.31. The molecule has 1 saturated heterocycles. The molecule has 4 saturated carbocycles. The zero-order valence-corrected chi connectivity index (χ0v) is 23.0. The Morgan fingerprint density at radius 1 is 1.11 bits per heavy atom. The SMILES string of the molecule is C=Cc1ccc2c3c1OC1(C)C4(OC)CCC5(CC4COCc4ccccc4)C(C2)N(CC2CC2)CCC351. The third-order valence-corrected chi connectivity index (χ3v) is 12.2. The summed E-state index contributed by atoms with van der Waals surface area (Å²) in [6.45, 7) is 10.4. The van der Waals surface area contributed by atoms with Crippen LogP contribution < -0.4 is 4.74 Å². The maximum Gasteiger partial charge on any atom is 0.146 e. The van der Waals surface area contributed by atoms with Gasteiger partial charge in [0.1, 0.15) is 17.0 Å². The number of piperidine rings is 1. The number of ether oxygens (including phenoxy) is 3. The monoisotopic (exact) mass is 511 g/mol. The number of likely N-dealkylation sites (tertiary alicyclic amines) is 1. The van der Waals surface area contributed by atoms with Crippen LogP contribution in [0.15, 0.2) is 49.0 Å². The predicted octanol–water partition coefficient (Wildman–Crippen LogP) is 6.16. The van der Waals surface area contributed by atoms with Gasteiger partial charge in [-0.15, -0.1) is 0 Å². The van der Waals surface area contributed by atoms with Crippen molar-refractivity contribution in [2.45, 2.75) is 81.1 Å². The molecule has 5 fully saturated rings. The first-order valence-corrected chi connectivity index (χ1v) is 14.9. The third kappa shape index (κ3) is 2.68. The highest BCUT2D eigenvalue weighted by Crippen LogP contribution is 2.79. The zero-order chi connectivity index (χ0) is 25.8. The highest BCUT2D eigenvalue weighted by atomic mass is 16.6. The van der Waals surface area contributed by atoms with Crippen molar-refractivity contribution in [3.63, 3.8) is 0 Å². The summed E-state index contributed by atoms with van der Waals surface area (Å²) in [5, 5.41) is 0. The summed E-state index contributed by atoms with van der Waals surface area (Å²) in [4.78, 5) is 2.92. The van der Waals surface area contributed by atoms with Crippen LogP contribution in [-0.2, 0) is 27.9 Å². The molecule has 2 aliphatic heterocycles. The predicted molar refractivity (Wildman–Crippen MR) is 149 cm³/mol. The van der Waals surface area contributed by atoms with Crippen molar-refractivity contribution in [3.05, 3.63) is 71.3 Å². The summed E-state index contributed by atoms with van der Waals surface area (Å²) in [5.41, 5.74) is 4.78. The van der Waals surface area contributed by atoms with Crippen LogP contribution in [0.3, 0.4) is 0 Å². The normalized spacial score (nSPS) is 40.1. The molecule has 2 aromatic carbocycles. The van der Waals surface area contributed by atoms with E-state index in [2.05, 4.69) is 60.9 Å². The number of methoxy groups -OCH3 is 1. The van der Waals surface area contributed by atoms with Gasteiger partial charge in [0.2, 0.25) is 0 Å². The van der Waals surface area contributed by atoms with E-state index in [1.54, 1.807) is 0 Å². The summed E-state index contributed by atoms with van der Waals surface area (Å²) in [5.74, 6) is 2.31. The molecule has 4 nitrogen and oxygen atoms in total. The third-order valence-electron chi connectivity index (χ3n) is 12.2. The van der Waals surface area contributed by atoms with Crippen LogP contribution in [-0.4, -0.2) is 49.0 Å². The molecule has 5 aliphatic carbocycles. The molecule has 2 aromatic rings. The average molecular weight is 512 g/mol. The van der Waals surface area contributed by atoms with E-state index in [9.17, 15) is 0 Å². The molecule has 2 spiro atoms. The molecule has 38 heavy (non-hydrogen) atoms. The fourth-order valence-electron chi connectivity index (χ4n) is 10.5. The maximum atomic E-state index is 7.36. The molecule has 7 aliphatic rings. The van der Waals surface area contributed by atoms with E-state index in [1.165, 1.54) is 49.0 Å². The van der Waals surface area contributed by atoms with E-state index in [-0.39, 0.29) is 16.4 Å². The fourth-order valence-corrected chi connectivity index (χ4v) is 10.5. The maximum absolute atomic E-state index is 7.36. The van der Waals surface area contributed by atoms with Crippen LogP contribution >= 0.6 is 0 Å². The van der Waals surface area contributed by atoms with Gasteiger partial charge in [0.05, 0.1) is 13.2 Å². The minimum atomic E-state index is -0.424. The Morgan fingerprint density at radius 2 is 1.95 bits per heavy atom. The smallest absolute Gasteiger partial charge is 0.146 e. The number of nitrogens with zero attached hydrogens (tertiary/aromatic N) is 1. The van der Waals surface area contributed by atoms with Gasteiger partial charge in [0.15, 0.2) is 0 Å². The topological polar surface area (TPSA) is 30.9 Å². The molecule has 4 bridgehead atoms. The van der Waals surface area contributed by atoms with Gasteiger partial charge in [-0.3, -0.25) is 4.90 Å². The van der Waals surface area contributed by atoms with Crippen molar-refractivity contribution in [2.75, 3.05) is 26.8 Å². The molecule has 0 radical (unpaired) electrons. The van der Waals surface area contributed by atoms with Crippen LogP contribution in [0.2, 0.25) is 0 Å². The van der Waals surface area contributed by atoms with Gasteiger partial charge in [-0.2, -0.15) is 0 Å². The highest BCUT2D eigenvalue weighted by Gasteiger charge is 2.85. The van der Waals surface area contributed by atoms with Crippen molar-refractivity contribution >= 4 is 6.08 Å². The highest BCUT2D eigenvalue weighted by molar-refractivity contribution is 5.69. The first-order valence-electron chi connectivity index (χ1n) is 14.9. The molecule has 6 unspecified atom stereocenters. The number of benzene rings is 2. The van der Waals surface area contributed by atoms with E-state index in [0.29, 0.717) is 25.2 Å². The number of fused-ring (bicyclic) bond motifs is 2. The van der Waals surface area contributed by atoms with E-state index < -0.39 is 5.60 Å². The summed E-state index contributed by atoms with van der Waals surface area (Å²) >= 11 is 0. The van der Waals surface area contributed by atoms with Gasteiger partial charge < -0.3 is 14.2 Å². The fraction of sp³-hybridized carbons (Fsp3) is 0.588. The largest absolute Gasteiger partial charge is 0.483 e. The van der Waals surface area contributed by atoms with E-state index >= 15 is 0 Å².